The Labute approximate surface area is 116 Å². The van der Waals surface area contributed by atoms with Gasteiger partial charge in [-0.3, -0.25) is 4.90 Å². The van der Waals surface area contributed by atoms with Crippen molar-refractivity contribution in [1.82, 2.24) is 10.1 Å². The highest BCUT2D eigenvalue weighted by molar-refractivity contribution is 7.13. The summed E-state index contributed by atoms with van der Waals surface area (Å²) in [5.41, 5.74) is 0.935. The molecule has 5 heteroatoms. The van der Waals surface area contributed by atoms with E-state index in [2.05, 4.69) is 17.0 Å². The normalized spacial score (nSPS) is 24.7. The maximum atomic E-state index is 9.90. The summed E-state index contributed by atoms with van der Waals surface area (Å²) in [4.78, 5) is 3.34. The molecule has 3 rings (SSSR count). The minimum Gasteiger partial charge on any atom is -0.392 e. The zero-order valence-electron chi connectivity index (χ0n) is 11.0. The summed E-state index contributed by atoms with van der Waals surface area (Å²) in [6.07, 6.45) is 0.814. The van der Waals surface area contributed by atoms with E-state index in [1.54, 1.807) is 11.3 Å². The molecule has 2 aromatic rings. The highest BCUT2D eigenvalue weighted by Crippen LogP contribution is 2.26. The molecule has 19 heavy (non-hydrogen) atoms. The van der Waals surface area contributed by atoms with Crippen LogP contribution in [0.15, 0.2) is 28.1 Å². The highest BCUT2D eigenvalue weighted by Gasteiger charge is 2.24. The van der Waals surface area contributed by atoms with Crippen LogP contribution in [-0.2, 0) is 6.54 Å². The fourth-order valence-electron chi connectivity index (χ4n) is 2.41. The fourth-order valence-corrected chi connectivity index (χ4v) is 3.08. The third-order valence-corrected chi connectivity index (χ3v) is 4.60. The first-order valence-corrected chi connectivity index (χ1v) is 7.50. The molecule has 2 atom stereocenters. The Kier molecular flexibility index (Phi) is 3.68. The third kappa shape index (κ3) is 2.88. The van der Waals surface area contributed by atoms with E-state index >= 15 is 0 Å². The standard InChI is InChI=1S/C14H18N2O2S/c1-10-4-5-16(9-12(10)17)8-11-7-13(18-15-11)14-3-2-6-19-14/h2-3,6-7,10,12,17H,4-5,8-9H2,1H3. The number of rotatable bonds is 3. The van der Waals surface area contributed by atoms with Crippen LogP contribution in [0.25, 0.3) is 10.6 Å². The van der Waals surface area contributed by atoms with Crippen molar-refractivity contribution in [2.24, 2.45) is 5.92 Å². The lowest BCUT2D eigenvalue weighted by Gasteiger charge is -2.33. The van der Waals surface area contributed by atoms with Gasteiger partial charge in [0.2, 0.25) is 0 Å². The van der Waals surface area contributed by atoms with E-state index in [1.165, 1.54) is 0 Å². The summed E-state index contributed by atoms with van der Waals surface area (Å²) in [6, 6.07) is 6.03. The minimum absolute atomic E-state index is 0.225. The number of aliphatic hydroxyl groups is 1. The molecule has 0 saturated carbocycles. The van der Waals surface area contributed by atoms with Gasteiger partial charge in [-0.25, -0.2) is 0 Å². The van der Waals surface area contributed by atoms with Gasteiger partial charge in [0.1, 0.15) is 0 Å². The number of likely N-dealkylation sites (tertiary alicyclic amines) is 1. The summed E-state index contributed by atoms with van der Waals surface area (Å²) < 4.78 is 5.37. The van der Waals surface area contributed by atoms with Crippen LogP contribution in [0.2, 0.25) is 0 Å². The molecular formula is C14H18N2O2S. The fraction of sp³-hybridized carbons (Fsp3) is 0.500. The molecule has 2 unspecified atom stereocenters. The quantitative estimate of drug-likeness (QED) is 0.937. The van der Waals surface area contributed by atoms with Crippen molar-refractivity contribution in [3.8, 4) is 10.6 Å². The molecule has 0 bridgehead atoms. The van der Waals surface area contributed by atoms with E-state index < -0.39 is 0 Å². The molecule has 3 heterocycles. The lowest BCUT2D eigenvalue weighted by atomic mass is 9.96. The number of aromatic nitrogens is 1. The van der Waals surface area contributed by atoms with E-state index in [0.29, 0.717) is 5.92 Å². The van der Waals surface area contributed by atoms with Crippen LogP contribution in [0.3, 0.4) is 0 Å². The summed E-state index contributed by atoms with van der Waals surface area (Å²) in [5, 5.41) is 16.0. The number of aliphatic hydroxyl groups excluding tert-OH is 1. The van der Waals surface area contributed by atoms with Crippen molar-refractivity contribution in [2.75, 3.05) is 13.1 Å². The van der Waals surface area contributed by atoms with Gasteiger partial charge in [0.15, 0.2) is 5.76 Å². The van der Waals surface area contributed by atoms with Crippen molar-refractivity contribution >= 4 is 11.3 Å². The molecule has 1 saturated heterocycles. The van der Waals surface area contributed by atoms with Gasteiger partial charge >= 0.3 is 0 Å². The zero-order valence-corrected chi connectivity index (χ0v) is 11.8. The van der Waals surface area contributed by atoms with Gasteiger partial charge in [-0.15, -0.1) is 11.3 Å². The first-order chi connectivity index (χ1) is 9.22. The molecule has 0 spiro atoms. The lowest BCUT2D eigenvalue weighted by Crippen LogP contribution is -2.42. The summed E-state index contributed by atoms with van der Waals surface area (Å²) in [7, 11) is 0. The second-order valence-electron chi connectivity index (χ2n) is 5.23. The molecule has 0 aromatic carbocycles. The lowest BCUT2D eigenvalue weighted by molar-refractivity contribution is 0.0251. The zero-order chi connectivity index (χ0) is 13.2. The van der Waals surface area contributed by atoms with Crippen molar-refractivity contribution in [3.63, 3.8) is 0 Å². The van der Waals surface area contributed by atoms with Gasteiger partial charge in [0.25, 0.3) is 0 Å². The summed E-state index contributed by atoms with van der Waals surface area (Å²) in [6.45, 7) is 4.59. The van der Waals surface area contributed by atoms with E-state index in [1.807, 2.05) is 23.6 Å². The average Bonchev–Trinajstić information content (AvgIpc) is 3.04. The molecule has 0 radical (unpaired) electrons. The van der Waals surface area contributed by atoms with E-state index in [-0.39, 0.29) is 6.10 Å². The first kappa shape index (κ1) is 12.8. The number of hydrogen-bond acceptors (Lipinski definition) is 5. The molecule has 1 aliphatic rings. The Morgan fingerprint density at radius 2 is 2.47 bits per heavy atom. The highest BCUT2D eigenvalue weighted by atomic mass is 32.1. The second-order valence-corrected chi connectivity index (χ2v) is 6.18. The average molecular weight is 278 g/mol. The number of nitrogens with zero attached hydrogens (tertiary/aromatic N) is 2. The number of thiophene rings is 1. The predicted molar refractivity (Wildman–Crippen MR) is 74.9 cm³/mol. The molecule has 1 aliphatic heterocycles. The predicted octanol–water partition coefficient (Wildman–Crippen LogP) is 2.61. The van der Waals surface area contributed by atoms with Gasteiger partial charge in [0, 0.05) is 19.2 Å². The number of piperidine rings is 1. The summed E-state index contributed by atoms with van der Waals surface area (Å²) >= 11 is 1.65. The molecule has 0 amide bonds. The van der Waals surface area contributed by atoms with Crippen LogP contribution in [0.5, 0.6) is 0 Å². The molecule has 1 fully saturated rings. The van der Waals surface area contributed by atoms with Crippen molar-refractivity contribution in [3.05, 3.63) is 29.3 Å². The number of hydrogen-bond donors (Lipinski definition) is 1. The maximum absolute atomic E-state index is 9.90. The van der Waals surface area contributed by atoms with Crippen molar-refractivity contribution in [2.45, 2.75) is 26.0 Å². The Balaban J connectivity index is 1.64. The monoisotopic (exact) mass is 278 g/mol. The minimum atomic E-state index is -0.225. The Hall–Kier alpha value is -1.17. The SMILES string of the molecule is CC1CCN(Cc2cc(-c3cccs3)on2)CC1O. The Morgan fingerprint density at radius 3 is 3.21 bits per heavy atom. The van der Waals surface area contributed by atoms with Crippen LogP contribution in [0.4, 0.5) is 0 Å². The van der Waals surface area contributed by atoms with E-state index in [4.69, 9.17) is 4.52 Å². The topological polar surface area (TPSA) is 49.5 Å². The maximum Gasteiger partial charge on any atom is 0.177 e. The molecule has 0 aliphatic carbocycles. The summed E-state index contributed by atoms with van der Waals surface area (Å²) in [5.74, 6) is 1.23. The van der Waals surface area contributed by atoms with Crippen molar-refractivity contribution < 1.29 is 9.63 Å². The smallest absolute Gasteiger partial charge is 0.177 e. The van der Waals surface area contributed by atoms with Crippen LogP contribution < -0.4 is 0 Å². The van der Waals surface area contributed by atoms with Gasteiger partial charge < -0.3 is 9.63 Å². The Morgan fingerprint density at radius 1 is 1.58 bits per heavy atom. The number of β-amino-alcohol motifs (C(OH)–C–C–N with tert-alkyl or cyclic N) is 1. The molecule has 1 N–H and O–H groups in total. The van der Waals surface area contributed by atoms with Crippen LogP contribution in [0, 0.1) is 5.92 Å². The first-order valence-electron chi connectivity index (χ1n) is 6.62. The van der Waals surface area contributed by atoms with Gasteiger partial charge in [-0.2, -0.15) is 0 Å². The molecular weight excluding hydrogens is 260 g/mol. The van der Waals surface area contributed by atoms with Crippen LogP contribution in [0.1, 0.15) is 19.0 Å². The van der Waals surface area contributed by atoms with Crippen molar-refractivity contribution in [1.29, 1.82) is 0 Å². The molecule has 102 valence electrons. The molecule has 2 aromatic heterocycles. The van der Waals surface area contributed by atoms with E-state index in [9.17, 15) is 5.11 Å². The van der Waals surface area contributed by atoms with Gasteiger partial charge in [-0.05, 0) is 30.3 Å². The Bertz CT molecular complexity index is 523. The van der Waals surface area contributed by atoms with Gasteiger partial charge in [0.05, 0.1) is 16.7 Å². The van der Waals surface area contributed by atoms with Crippen LogP contribution in [-0.4, -0.2) is 34.4 Å². The van der Waals surface area contributed by atoms with Gasteiger partial charge in [-0.1, -0.05) is 18.1 Å². The third-order valence-electron chi connectivity index (χ3n) is 3.71. The molecule has 4 nitrogen and oxygen atoms in total. The van der Waals surface area contributed by atoms with E-state index in [0.717, 1.165) is 42.4 Å². The largest absolute Gasteiger partial charge is 0.392 e. The second kappa shape index (κ2) is 5.45. The van der Waals surface area contributed by atoms with Crippen LogP contribution >= 0.6 is 11.3 Å².